The van der Waals surface area contributed by atoms with Gasteiger partial charge in [0.05, 0.1) is 0 Å². The average molecular weight is 331 g/mol. The fourth-order valence-corrected chi connectivity index (χ4v) is 4.48. The largest absolute Gasteiger partial charge is 0.340 e. The maximum atomic E-state index is 12.8. The molecule has 5 nitrogen and oxygen atoms in total. The molecule has 0 aromatic heterocycles. The number of carbonyl (C=O) groups excluding carboxylic acids is 2. The fraction of sp³-hybridized carbons (Fsp3) is 0.250. The second-order valence-corrected chi connectivity index (χ2v) is 6.85. The Kier molecular flexibility index (Phi) is 2.89. The highest BCUT2D eigenvalue weighted by Crippen LogP contribution is 2.48. The van der Waals surface area contributed by atoms with Crippen LogP contribution < -0.4 is 10.6 Å². The summed E-state index contributed by atoms with van der Waals surface area (Å²) in [5.41, 5.74) is 3.15. The molecule has 1 aliphatic carbocycles. The van der Waals surface area contributed by atoms with Crippen molar-refractivity contribution in [3.8, 4) is 0 Å². The Morgan fingerprint density at radius 2 is 1.92 bits per heavy atom. The van der Waals surface area contributed by atoms with Gasteiger partial charge in [-0.2, -0.15) is 0 Å². The Balaban J connectivity index is 1.73. The predicted molar refractivity (Wildman–Crippen MR) is 94.6 cm³/mol. The molecular formula is C20H17N3O2. The molecule has 1 spiro atoms. The summed E-state index contributed by atoms with van der Waals surface area (Å²) in [6.07, 6.45) is 2.49. The highest BCUT2D eigenvalue weighted by atomic mass is 16.2. The van der Waals surface area contributed by atoms with Gasteiger partial charge in [0.25, 0.3) is 5.91 Å². The summed E-state index contributed by atoms with van der Waals surface area (Å²) >= 11 is 0. The summed E-state index contributed by atoms with van der Waals surface area (Å²) in [5, 5.41) is 5.86. The van der Waals surface area contributed by atoms with E-state index in [2.05, 4.69) is 16.7 Å². The number of aryl methyl sites for hydroxylation is 1. The van der Waals surface area contributed by atoms with Crippen LogP contribution in [0.4, 0.5) is 5.69 Å². The zero-order chi connectivity index (χ0) is 17.0. The molecule has 2 aromatic rings. The smallest absolute Gasteiger partial charge is 0.252 e. The van der Waals surface area contributed by atoms with E-state index in [0.717, 1.165) is 35.2 Å². The Bertz CT molecular complexity index is 935. The fourth-order valence-electron chi connectivity index (χ4n) is 4.48. The molecule has 2 N–H and O–H groups in total. The third-order valence-corrected chi connectivity index (χ3v) is 5.52. The zero-order valence-corrected chi connectivity index (χ0v) is 13.6. The van der Waals surface area contributed by atoms with Gasteiger partial charge >= 0.3 is 0 Å². The van der Waals surface area contributed by atoms with Crippen LogP contribution >= 0.6 is 0 Å². The Morgan fingerprint density at radius 3 is 2.76 bits per heavy atom. The molecule has 2 amide bonds. The molecule has 2 aliphatic heterocycles. The molecule has 1 saturated heterocycles. The minimum atomic E-state index is -0.830. The minimum Gasteiger partial charge on any atom is -0.340 e. The number of hydrogen-bond donors (Lipinski definition) is 2. The van der Waals surface area contributed by atoms with Crippen LogP contribution in [0.15, 0.2) is 53.5 Å². The van der Waals surface area contributed by atoms with Gasteiger partial charge in [0.2, 0.25) is 5.91 Å². The summed E-state index contributed by atoms with van der Waals surface area (Å²) in [7, 11) is 0. The quantitative estimate of drug-likeness (QED) is 0.787. The maximum absolute atomic E-state index is 12.8. The molecule has 2 aromatic carbocycles. The molecule has 5 heteroatoms. The van der Waals surface area contributed by atoms with Crippen LogP contribution in [0.2, 0.25) is 0 Å². The highest BCUT2D eigenvalue weighted by Gasteiger charge is 2.60. The molecule has 1 fully saturated rings. The monoisotopic (exact) mass is 331 g/mol. The number of para-hydroxylation sites is 1. The van der Waals surface area contributed by atoms with Crippen molar-refractivity contribution in [2.45, 2.75) is 30.7 Å². The molecular weight excluding hydrogens is 314 g/mol. The van der Waals surface area contributed by atoms with Gasteiger partial charge in [-0.3, -0.25) is 19.9 Å². The van der Waals surface area contributed by atoms with Crippen LogP contribution in [0, 0.1) is 0 Å². The van der Waals surface area contributed by atoms with Crippen molar-refractivity contribution in [1.82, 2.24) is 5.32 Å². The second kappa shape index (κ2) is 5.02. The van der Waals surface area contributed by atoms with Crippen molar-refractivity contribution >= 4 is 23.3 Å². The third-order valence-electron chi connectivity index (χ3n) is 5.52. The summed E-state index contributed by atoms with van der Waals surface area (Å²) in [6.45, 7) is 0. The normalized spacial score (nSPS) is 26.4. The lowest BCUT2D eigenvalue weighted by molar-refractivity contribution is -0.126. The number of amides is 2. The molecule has 5 rings (SSSR count). The number of amidine groups is 1. The van der Waals surface area contributed by atoms with Crippen LogP contribution in [0.25, 0.3) is 0 Å². The molecule has 0 bridgehead atoms. The number of anilines is 1. The summed E-state index contributed by atoms with van der Waals surface area (Å²) < 4.78 is 0. The van der Waals surface area contributed by atoms with Crippen molar-refractivity contribution in [1.29, 1.82) is 0 Å². The lowest BCUT2D eigenvalue weighted by Gasteiger charge is -2.40. The van der Waals surface area contributed by atoms with Crippen LogP contribution in [0.5, 0.6) is 0 Å². The van der Waals surface area contributed by atoms with E-state index < -0.39 is 11.5 Å². The van der Waals surface area contributed by atoms with Gasteiger partial charge in [-0.15, -0.1) is 0 Å². The minimum absolute atomic E-state index is 0.196. The Morgan fingerprint density at radius 1 is 1.08 bits per heavy atom. The van der Waals surface area contributed by atoms with Crippen LogP contribution in [0.3, 0.4) is 0 Å². The van der Waals surface area contributed by atoms with E-state index in [1.807, 2.05) is 42.5 Å². The topological polar surface area (TPSA) is 70.6 Å². The number of imide groups is 1. The molecule has 3 aliphatic rings. The first-order valence-electron chi connectivity index (χ1n) is 8.58. The van der Waals surface area contributed by atoms with E-state index in [1.54, 1.807) is 0 Å². The number of hydrogen-bond acceptors (Lipinski definition) is 4. The van der Waals surface area contributed by atoms with E-state index in [1.165, 1.54) is 0 Å². The maximum Gasteiger partial charge on any atom is 0.252 e. The first-order valence-corrected chi connectivity index (χ1v) is 8.58. The van der Waals surface area contributed by atoms with Gasteiger partial charge in [0.15, 0.2) is 0 Å². The number of nitrogens with zero attached hydrogens (tertiary/aromatic N) is 1. The van der Waals surface area contributed by atoms with Gasteiger partial charge in [0, 0.05) is 11.3 Å². The average Bonchev–Trinajstić information content (AvgIpc) is 2.87. The third kappa shape index (κ3) is 1.86. The molecule has 2 atom stereocenters. The highest BCUT2D eigenvalue weighted by molar-refractivity contribution is 6.20. The molecule has 124 valence electrons. The van der Waals surface area contributed by atoms with Crippen LogP contribution in [-0.2, 0) is 21.4 Å². The van der Waals surface area contributed by atoms with E-state index >= 15 is 0 Å². The number of nitrogens with one attached hydrogen (secondary N) is 2. The molecule has 2 heterocycles. The van der Waals surface area contributed by atoms with E-state index in [0.29, 0.717) is 12.3 Å². The molecule has 25 heavy (non-hydrogen) atoms. The van der Waals surface area contributed by atoms with Crippen molar-refractivity contribution < 1.29 is 9.59 Å². The molecule has 0 radical (unpaired) electrons. The van der Waals surface area contributed by atoms with Gasteiger partial charge in [-0.25, -0.2) is 0 Å². The van der Waals surface area contributed by atoms with Crippen molar-refractivity contribution in [3.05, 3.63) is 65.2 Å². The SMILES string of the molecule is O=C1NC(=O)C23CCCc4cccc(c42)C(Nc2ccccc2)=NC13. The first-order chi connectivity index (χ1) is 12.2. The van der Waals surface area contributed by atoms with Gasteiger partial charge in [-0.1, -0.05) is 36.4 Å². The summed E-state index contributed by atoms with van der Waals surface area (Å²) in [6, 6.07) is 15.1. The summed E-state index contributed by atoms with van der Waals surface area (Å²) in [5.74, 6) is 0.175. The number of carbonyl (C=O) groups is 2. The molecule has 2 unspecified atom stereocenters. The van der Waals surface area contributed by atoms with E-state index in [4.69, 9.17) is 4.99 Å². The number of rotatable bonds is 1. The van der Waals surface area contributed by atoms with Crippen LogP contribution in [0.1, 0.15) is 29.5 Å². The number of aliphatic imine (C=N–C) groups is 1. The second-order valence-electron chi connectivity index (χ2n) is 6.85. The van der Waals surface area contributed by atoms with Crippen molar-refractivity contribution in [2.24, 2.45) is 4.99 Å². The lowest BCUT2D eigenvalue weighted by atomic mass is 9.63. The standard InChI is InChI=1S/C20H17N3O2/c24-18-16-20(19(25)23-18)11-5-7-12-6-4-10-14(15(12)20)17(22-16)21-13-8-2-1-3-9-13/h1-4,6,8-10,16H,5,7,11H2,(H,21,22)(H,23,24,25). The van der Waals surface area contributed by atoms with Crippen LogP contribution in [-0.4, -0.2) is 23.7 Å². The van der Waals surface area contributed by atoms with E-state index in [9.17, 15) is 9.59 Å². The Hall–Kier alpha value is -2.95. The first kappa shape index (κ1) is 14.4. The lowest BCUT2D eigenvalue weighted by Crippen LogP contribution is -2.49. The van der Waals surface area contributed by atoms with Crippen molar-refractivity contribution in [2.75, 3.05) is 5.32 Å². The summed E-state index contributed by atoms with van der Waals surface area (Å²) in [4.78, 5) is 29.9. The predicted octanol–water partition coefficient (Wildman–Crippen LogP) is 2.16. The zero-order valence-electron chi connectivity index (χ0n) is 13.6. The van der Waals surface area contributed by atoms with E-state index in [-0.39, 0.29) is 11.8 Å². The van der Waals surface area contributed by atoms with Gasteiger partial charge < -0.3 is 5.32 Å². The number of benzene rings is 2. The van der Waals surface area contributed by atoms with Gasteiger partial charge in [0.1, 0.15) is 17.3 Å². The molecule has 0 saturated carbocycles. The van der Waals surface area contributed by atoms with Gasteiger partial charge in [-0.05, 0) is 42.5 Å². The van der Waals surface area contributed by atoms with Crippen molar-refractivity contribution in [3.63, 3.8) is 0 Å². The Labute approximate surface area is 145 Å².